The van der Waals surface area contributed by atoms with Gasteiger partial charge >= 0.3 is 0 Å². The normalized spacial score (nSPS) is 17.2. The molecule has 1 heterocycles. The van der Waals surface area contributed by atoms with Crippen LogP contribution < -0.4 is 10.1 Å². The summed E-state index contributed by atoms with van der Waals surface area (Å²) < 4.78 is 16.5. The van der Waals surface area contributed by atoms with Gasteiger partial charge in [-0.2, -0.15) is 0 Å². The van der Waals surface area contributed by atoms with Crippen LogP contribution in [0.15, 0.2) is 29.3 Å². The Morgan fingerprint density at radius 3 is 2.48 bits per heavy atom. The smallest absolute Gasteiger partial charge is 0.194 e. The molecule has 0 unspecified atom stereocenters. The number of nitrogens with one attached hydrogen (secondary N) is 1. The fourth-order valence-electron chi connectivity index (χ4n) is 2.94. The highest BCUT2D eigenvalue weighted by atomic mass is 16.5. The number of hydrogen-bond acceptors (Lipinski definition) is 4. The molecule has 1 aromatic carbocycles. The number of methoxy groups -OCH3 is 2. The van der Waals surface area contributed by atoms with E-state index in [-0.39, 0.29) is 5.60 Å². The average molecular weight is 349 g/mol. The molecular formula is C19H31N3O3. The van der Waals surface area contributed by atoms with Gasteiger partial charge in [-0.25, -0.2) is 0 Å². The van der Waals surface area contributed by atoms with Gasteiger partial charge in [0.1, 0.15) is 5.75 Å². The first-order chi connectivity index (χ1) is 12.1. The summed E-state index contributed by atoms with van der Waals surface area (Å²) in [4.78, 5) is 6.97. The first-order valence-corrected chi connectivity index (χ1v) is 8.88. The molecule has 1 aromatic rings. The summed E-state index contributed by atoms with van der Waals surface area (Å²) >= 11 is 0. The fourth-order valence-corrected chi connectivity index (χ4v) is 2.94. The monoisotopic (exact) mass is 349 g/mol. The third-order valence-electron chi connectivity index (χ3n) is 4.63. The quantitative estimate of drug-likeness (QED) is 0.605. The largest absolute Gasteiger partial charge is 0.497 e. The molecule has 0 aliphatic carbocycles. The van der Waals surface area contributed by atoms with Gasteiger partial charge in [-0.05, 0) is 24.6 Å². The summed E-state index contributed by atoms with van der Waals surface area (Å²) in [6.07, 6.45) is 1.77. The van der Waals surface area contributed by atoms with Crippen molar-refractivity contribution in [3.63, 3.8) is 0 Å². The lowest BCUT2D eigenvalue weighted by Crippen LogP contribution is -2.44. The molecule has 0 saturated carbocycles. The van der Waals surface area contributed by atoms with E-state index in [1.807, 2.05) is 12.1 Å². The van der Waals surface area contributed by atoms with Crippen LogP contribution in [-0.4, -0.2) is 64.0 Å². The standard InChI is InChI=1S/C19H31N3O3/c1-5-20-18(21-15-19(24-4)10-12-25-13-11-19)22(2)14-16-6-8-17(23-3)9-7-16/h6-9H,5,10-15H2,1-4H3,(H,20,21). The first-order valence-electron chi connectivity index (χ1n) is 8.88. The van der Waals surface area contributed by atoms with Crippen molar-refractivity contribution in [2.45, 2.75) is 31.9 Å². The SMILES string of the molecule is CCNC(=NCC1(OC)CCOCC1)N(C)Cc1ccc(OC)cc1. The summed E-state index contributed by atoms with van der Waals surface area (Å²) in [5, 5.41) is 3.37. The van der Waals surface area contributed by atoms with E-state index in [2.05, 4.69) is 36.3 Å². The fraction of sp³-hybridized carbons (Fsp3) is 0.632. The molecule has 1 fully saturated rings. The molecule has 6 nitrogen and oxygen atoms in total. The lowest BCUT2D eigenvalue weighted by atomic mass is 9.94. The molecule has 0 radical (unpaired) electrons. The number of rotatable bonds is 7. The molecule has 1 aliphatic heterocycles. The summed E-state index contributed by atoms with van der Waals surface area (Å²) in [6, 6.07) is 8.12. The Bertz CT molecular complexity index is 539. The molecule has 25 heavy (non-hydrogen) atoms. The molecule has 6 heteroatoms. The number of nitrogens with zero attached hydrogens (tertiary/aromatic N) is 2. The number of aliphatic imine (C=N–C) groups is 1. The van der Waals surface area contributed by atoms with Gasteiger partial charge in [0, 0.05) is 53.3 Å². The molecule has 1 aliphatic rings. The van der Waals surface area contributed by atoms with Gasteiger partial charge < -0.3 is 24.4 Å². The molecule has 1 N–H and O–H groups in total. The summed E-state index contributed by atoms with van der Waals surface area (Å²) in [5.41, 5.74) is 1.00. The molecule has 0 atom stereocenters. The van der Waals surface area contributed by atoms with Crippen LogP contribution in [0.25, 0.3) is 0 Å². The first kappa shape index (κ1) is 19.5. The van der Waals surface area contributed by atoms with E-state index >= 15 is 0 Å². The van der Waals surface area contributed by atoms with E-state index in [1.165, 1.54) is 5.56 Å². The van der Waals surface area contributed by atoms with Crippen molar-refractivity contribution in [2.75, 3.05) is 47.6 Å². The minimum Gasteiger partial charge on any atom is -0.497 e. The Hall–Kier alpha value is -1.79. The van der Waals surface area contributed by atoms with E-state index in [9.17, 15) is 0 Å². The van der Waals surface area contributed by atoms with Crippen LogP contribution in [0.4, 0.5) is 0 Å². The molecule has 140 valence electrons. The zero-order chi connectivity index (χ0) is 18.1. The molecule has 1 saturated heterocycles. The minimum atomic E-state index is -0.208. The number of ether oxygens (including phenoxy) is 3. The predicted octanol–water partition coefficient (Wildman–Crippen LogP) is 2.29. The van der Waals surface area contributed by atoms with Gasteiger partial charge in [0.25, 0.3) is 0 Å². The van der Waals surface area contributed by atoms with Crippen molar-refractivity contribution in [3.8, 4) is 5.75 Å². The van der Waals surface area contributed by atoms with Crippen molar-refractivity contribution in [3.05, 3.63) is 29.8 Å². The molecule has 0 bridgehead atoms. The maximum absolute atomic E-state index is 5.78. The number of hydrogen-bond donors (Lipinski definition) is 1. The summed E-state index contributed by atoms with van der Waals surface area (Å²) in [5.74, 6) is 1.76. The van der Waals surface area contributed by atoms with Crippen molar-refractivity contribution < 1.29 is 14.2 Å². The Morgan fingerprint density at radius 1 is 1.24 bits per heavy atom. The van der Waals surface area contributed by atoms with E-state index in [0.717, 1.165) is 50.9 Å². The third-order valence-corrected chi connectivity index (χ3v) is 4.63. The van der Waals surface area contributed by atoms with Crippen molar-refractivity contribution in [1.29, 1.82) is 0 Å². The highest BCUT2D eigenvalue weighted by molar-refractivity contribution is 5.79. The van der Waals surface area contributed by atoms with Gasteiger partial charge in [0.05, 0.1) is 19.3 Å². The topological polar surface area (TPSA) is 55.3 Å². The van der Waals surface area contributed by atoms with Gasteiger partial charge in [-0.1, -0.05) is 12.1 Å². The summed E-state index contributed by atoms with van der Waals surface area (Å²) in [7, 11) is 5.50. The Labute approximate surface area is 151 Å². The second-order valence-electron chi connectivity index (χ2n) is 6.37. The zero-order valence-corrected chi connectivity index (χ0v) is 15.9. The molecular weight excluding hydrogens is 318 g/mol. The predicted molar refractivity (Wildman–Crippen MR) is 100 cm³/mol. The van der Waals surface area contributed by atoms with Crippen LogP contribution in [0.2, 0.25) is 0 Å². The Balaban J connectivity index is 2.03. The van der Waals surface area contributed by atoms with Crippen LogP contribution in [0.1, 0.15) is 25.3 Å². The Morgan fingerprint density at radius 2 is 1.92 bits per heavy atom. The van der Waals surface area contributed by atoms with Crippen LogP contribution in [0.3, 0.4) is 0 Å². The highest BCUT2D eigenvalue weighted by Gasteiger charge is 2.32. The van der Waals surface area contributed by atoms with Crippen LogP contribution in [0, 0.1) is 0 Å². The summed E-state index contributed by atoms with van der Waals surface area (Å²) in [6.45, 7) is 5.80. The van der Waals surface area contributed by atoms with Gasteiger partial charge in [-0.15, -0.1) is 0 Å². The van der Waals surface area contributed by atoms with Gasteiger partial charge in [-0.3, -0.25) is 4.99 Å². The van der Waals surface area contributed by atoms with Crippen molar-refractivity contribution >= 4 is 5.96 Å². The Kier molecular flexibility index (Phi) is 7.52. The van der Waals surface area contributed by atoms with Crippen LogP contribution in [0.5, 0.6) is 5.75 Å². The van der Waals surface area contributed by atoms with E-state index < -0.39 is 0 Å². The highest BCUT2D eigenvalue weighted by Crippen LogP contribution is 2.24. The van der Waals surface area contributed by atoms with Gasteiger partial charge in [0.2, 0.25) is 0 Å². The van der Waals surface area contributed by atoms with E-state index in [0.29, 0.717) is 6.54 Å². The van der Waals surface area contributed by atoms with Crippen molar-refractivity contribution in [2.24, 2.45) is 4.99 Å². The van der Waals surface area contributed by atoms with Gasteiger partial charge in [0.15, 0.2) is 5.96 Å². The average Bonchev–Trinajstić information content (AvgIpc) is 2.66. The molecule has 2 rings (SSSR count). The number of benzene rings is 1. The molecule has 0 spiro atoms. The zero-order valence-electron chi connectivity index (χ0n) is 15.9. The number of guanidine groups is 1. The second kappa shape index (κ2) is 9.63. The van der Waals surface area contributed by atoms with Crippen LogP contribution in [-0.2, 0) is 16.0 Å². The molecule has 0 amide bonds. The van der Waals surface area contributed by atoms with E-state index in [4.69, 9.17) is 19.2 Å². The minimum absolute atomic E-state index is 0.208. The maximum atomic E-state index is 5.78. The van der Waals surface area contributed by atoms with Crippen LogP contribution >= 0.6 is 0 Å². The maximum Gasteiger partial charge on any atom is 0.194 e. The van der Waals surface area contributed by atoms with Crippen molar-refractivity contribution in [1.82, 2.24) is 10.2 Å². The third kappa shape index (κ3) is 5.61. The lowest BCUT2D eigenvalue weighted by Gasteiger charge is -2.35. The lowest BCUT2D eigenvalue weighted by molar-refractivity contribution is -0.0829. The molecule has 0 aromatic heterocycles. The second-order valence-corrected chi connectivity index (χ2v) is 6.37. The van der Waals surface area contributed by atoms with E-state index in [1.54, 1.807) is 14.2 Å².